The molecule has 1 heterocycles. The van der Waals surface area contributed by atoms with Gasteiger partial charge in [-0.15, -0.1) is 0 Å². The number of rotatable bonds is 3. The Morgan fingerprint density at radius 3 is 2.39 bits per heavy atom. The van der Waals surface area contributed by atoms with Crippen LogP contribution in [0.4, 0.5) is 5.69 Å². The fourth-order valence-corrected chi connectivity index (χ4v) is 2.14. The highest BCUT2D eigenvalue weighted by molar-refractivity contribution is 6.21. The molecule has 1 aliphatic rings. The van der Waals surface area contributed by atoms with Gasteiger partial charge in [-0.2, -0.15) is 0 Å². The van der Waals surface area contributed by atoms with Crippen LogP contribution in [0, 0.1) is 11.3 Å². The summed E-state index contributed by atoms with van der Waals surface area (Å²) in [5.41, 5.74) is -0.243. The molecule has 1 aromatic rings. The average Bonchev–Trinajstić information content (AvgIpc) is 2.67. The number of hydrogen-bond acceptors (Lipinski definition) is 3. The van der Waals surface area contributed by atoms with Crippen LogP contribution in [-0.2, 0) is 14.4 Å². The Morgan fingerprint density at radius 2 is 1.83 bits per heavy atom. The van der Waals surface area contributed by atoms with Gasteiger partial charge in [-0.1, -0.05) is 32.0 Å². The predicted molar refractivity (Wildman–Crippen MR) is 66.9 cm³/mol. The van der Waals surface area contributed by atoms with Crippen LogP contribution in [0.3, 0.4) is 0 Å². The molecule has 0 aromatic heterocycles. The number of nitrogens with zero attached hydrogens (tertiary/aromatic N) is 1. The summed E-state index contributed by atoms with van der Waals surface area (Å²) < 4.78 is 0. The highest BCUT2D eigenvalue weighted by atomic mass is 16.2. The highest BCUT2D eigenvalue weighted by Crippen LogP contribution is 2.36. The van der Waals surface area contributed by atoms with E-state index in [4.69, 9.17) is 0 Å². The summed E-state index contributed by atoms with van der Waals surface area (Å²) in [6, 6.07) is 8.79. The number of amides is 2. The van der Waals surface area contributed by atoms with Gasteiger partial charge in [-0.25, -0.2) is 0 Å². The molecule has 0 bridgehead atoms. The number of aldehydes is 1. The standard InChI is InChI=1S/C14H15NO3/c1-14(2,9-16)11-8-12(17)15(13(11)18)10-6-4-3-5-7-10/h3-7,9,11H,8H2,1-2H3/t11-/m0/s1. The molecular formula is C14H15NO3. The molecule has 0 spiro atoms. The van der Waals surface area contributed by atoms with Crippen molar-refractivity contribution in [2.24, 2.45) is 11.3 Å². The van der Waals surface area contributed by atoms with Crippen molar-refractivity contribution in [3.8, 4) is 0 Å². The second-order valence-corrected chi connectivity index (χ2v) is 5.10. The molecule has 1 aliphatic heterocycles. The fourth-order valence-electron chi connectivity index (χ4n) is 2.14. The van der Waals surface area contributed by atoms with Gasteiger partial charge in [-0.3, -0.25) is 14.5 Å². The molecule has 4 nitrogen and oxygen atoms in total. The van der Waals surface area contributed by atoms with Crippen LogP contribution in [0.1, 0.15) is 20.3 Å². The van der Waals surface area contributed by atoms with Crippen molar-refractivity contribution in [1.29, 1.82) is 0 Å². The second kappa shape index (κ2) is 4.37. The quantitative estimate of drug-likeness (QED) is 0.602. The van der Waals surface area contributed by atoms with Crippen LogP contribution in [-0.4, -0.2) is 18.1 Å². The maximum Gasteiger partial charge on any atom is 0.238 e. The largest absolute Gasteiger partial charge is 0.303 e. The number of benzene rings is 1. The Labute approximate surface area is 106 Å². The molecule has 2 rings (SSSR count). The van der Waals surface area contributed by atoms with E-state index < -0.39 is 11.3 Å². The van der Waals surface area contributed by atoms with Gasteiger partial charge < -0.3 is 4.79 Å². The SMILES string of the molecule is CC(C)(C=O)[C@H]1CC(=O)N(c2ccccc2)C1=O. The summed E-state index contributed by atoms with van der Waals surface area (Å²) in [6.45, 7) is 3.37. The molecule has 0 radical (unpaired) electrons. The van der Waals surface area contributed by atoms with Crippen molar-refractivity contribution < 1.29 is 14.4 Å². The summed E-state index contributed by atoms with van der Waals surface area (Å²) in [6.07, 6.45) is 0.844. The first-order valence-corrected chi connectivity index (χ1v) is 5.85. The zero-order valence-electron chi connectivity index (χ0n) is 10.4. The molecule has 0 aliphatic carbocycles. The van der Waals surface area contributed by atoms with E-state index in [-0.39, 0.29) is 18.2 Å². The Morgan fingerprint density at radius 1 is 1.22 bits per heavy atom. The summed E-state index contributed by atoms with van der Waals surface area (Å²) in [5, 5.41) is 0. The molecule has 1 fully saturated rings. The third-order valence-electron chi connectivity index (χ3n) is 3.36. The summed E-state index contributed by atoms with van der Waals surface area (Å²) >= 11 is 0. The van der Waals surface area contributed by atoms with E-state index in [0.717, 1.165) is 6.29 Å². The van der Waals surface area contributed by atoms with Crippen molar-refractivity contribution in [3.05, 3.63) is 30.3 Å². The normalized spacial score (nSPS) is 20.3. The molecule has 0 saturated carbocycles. The zero-order valence-corrected chi connectivity index (χ0v) is 10.4. The minimum absolute atomic E-state index is 0.0967. The molecule has 2 amide bonds. The zero-order chi connectivity index (χ0) is 13.3. The fraction of sp³-hybridized carbons (Fsp3) is 0.357. The van der Waals surface area contributed by atoms with Crippen LogP contribution < -0.4 is 4.90 Å². The number of hydrogen-bond donors (Lipinski definition) is 0. The minimum atomic E-state index is -0.809. The number of imide groups is 1. The maximum atomic E-state index is 12.3. The predicted octanol–water partition coefficient (Wildman–Crippen LogP) is 1.79. The van der Waals surface area contributed by atoms with E-state index in [0.29, 0.717) is 5.69 Å². The lowest BCUT2D eigenvalue weighted by Gasteiger charge is -2.23. The molecule has 1 atom stereocenters. The van der Waals surface area contributed by atoms with E-state index in [2.05, 4.69) is 0 Å². The van der Waals surface area contributed by atoms with E-state index >= 15 is 0 Å². The molecule has 18 heavy (non-hydrogen) atoms. The second-order valence-electron chi connectivity index (χ2n) is 5.10. The van der Waals surface area contributed by atoms with Gasteiger partial charge >= 0.3 is 0 Å². The van der Waals surface area contributed by atoms with Gasteiger partial charge in [0.25, 0.3) is 0 Å². The number of carbonyl (C=O) groups excluding carboxylic acids is 3. The van der Waals surface area contributed by atoms with Crippen LogP contribution in [0.2, 0.25) is 0 Å². The van der Waals surface area contributed by atoms with Gasteiger partial charge in [0.05, 0.1) is 11.6 Å². The summed E-state index contributed by atoms with van der Waals surface area (Å²) in [5.74, 6) is -1.10. The maximum absolute atomic E-state index is 12.3. The Kier molecular flexibility index (Phi) is 3.03. The molecular weight excluding hydrogens is 230 g/mol. The third-order valence-corrected chi connectivity index (χ3v) is 3.36. The van der Waals surface area contributed by atoms with Crippen molar-refractivity contribution in [1.82, 2.24) is 0 Å². The molecule has 94 valence electrons. The monoisotopic (exact) mass is 245 g/mol. The van der Waals surface area contributed by atoms with Gasteiger partial charge in [0.15, 0.2) is 0 Å². The van der Waals surface area contributed by atoms with Gasteiger partial charge in [0.1, 0.15) is 6.29 Å². The topological polar surface area (TPSA) is 54.5 Å². The average molecular weight is 245 g/mol. The molecule has 0 unspecified atom stereocenters. The minimum Gasteiger partial charge on any atom is -0.303 e. The number of anilines is 1. The van der Waals surface area contributed by atoms with Crippen LogP contribution >= 0.6 is 0 Å². The first-order valence-electron chi connectivity index (χ1n) is 5.85. The molecule has 0 N–H and O–H groups in total. The van der Waals surface area contributed by atoms with E-state index in [9.17, 15) is 14.4 Å². The van der Waals surface area contributed by atoms with Crippen molar-refractivity contribution in [3.63, 3.8) is 0 Å². The number of para-hydroxylation sites is 1. The van der Waals surface area contributed by atoms with Crippen molar-refractivity contribution in [2.75, 3.05) is 4.90 Å². The Hall–Kier alpha value is -1.97. The molecule has 1 aromatic carbocycles. The van der Waals surface area contributed by atoms with Crippen LogP contribution in [0.25, 0.3) is 0 Å². The van der Waals surface area contributed by atoms with Gasteiger partial charge in [0.2, 0.25) is 11.8 Å². The van der Waals surface area contributed by atoms with Gasteiger partial charge in [0, 0.05) is 11.8 Å². The molecule has 4 heteroatoms. The Balaban J connectivity index is 2.34. The van der Waals surface area contributed by atoms with Crippen LogP contribution in [0.5, 0.6) is 0 Å². The Bertz CT molecular complexity index is 493. The lowest BCUT2D eigenvalue weighted by Crippen LogP contribution is -2.35. The lowest BCUT2D eigenvalue weighted by atomic mass is 9.79. The van der Waals surface area contributed by atoms with E-state index in [1.165, 1.54) is 4.90 Å². The van der Waals surface area contributed by atoms with E-state index in [1.807, 2.05) is 6.07 Å². The van der Waals surface area contributed by atoms with Crippen molar-refractivity contribution >= 4 is 23.8 Å². The first kappa shape index (κ1) is 12.5. The summed E-state index contributed by atoms with van der Waals surface area (Å²) in [4.78, 5) is 36.4. The third kappa shape index (κ3) is 1.94. The first-order chi connectivity index (χ1) is 8.47. The van der Waals surface area contributed by atoms with Gasteiger partial charge in [-0.05, 0) is 12.1 Å². The molecule has 1 saturated heterocycles. The highest BCUT2D eigenvalue weighted by Gasteiger charge is 2.47. The smallest absolute Gasteiger partial charge is 0.238 e. The number of carbonyl (C=O) groups is 3. The van der Waals surface area contributed by atoms with Crippen molar-refractivity contribution in [2.45, 2.75) is 20.3 Å². The summed E-state index contributed by atoms with van der Waals surface area (Å²) in [7, 11) is 0. The van der Waals surface area contributed by atoms with E-state index in [1.54, 1.807) is 38.1 Å². The van der Waals surface area contributed by atoms with Crippen LogP contribution in [0.15, 0.2) is 30.3 Å². The lowest BCUT2D eigenvalue weighted by molar-refractivity contribution is -0.129.